The SMILES string of the molecule is C=C(C)C(=O)OCCCCCCCCCCCCCCCCCC([SiH3])(Cl)Cl. The summed E-state index contributed by atoms with van der Waals surface area (Å²) in [5, 5.41) is 0. The van der Waals surface area contributed by atoms with Crippen LogP contribution in [0.2, 0.25) is 0 Å². The van der Waals surface area contributed by atoms with E-state index in [2.05, 4.69) is 6.58 Å². The van der Waals surface area contributed by atoms with E-state index in [1.165, 1.54) is 83.5 Å². The molecule has 0 heterocycles. The summed E-state index contributed by atoms with van der Waals surface area (Å²) in [7, 11) is 0.860. The van der Waals surface area contributed by atoms with Gasteiger partial charge in [-0.05, 0) is 19.8 Å². The molecule has 0 saturated heterocycles. The molecule has 0 bridgehead atoms. The van der Waals surface area contributed by atoms with Gasteiger partial charge in [-0.3, -0.25) is 0 Å². The van der Waals surface area contributed by atoms with Gasteiger partial charge in [0.2, 0.25) is 0 Å². The van der Waals surface area contributed by atoms with Crippen molar-refractivity contribution < 1.29 is 9.53 Å². The maximum atomic E-state index is 11.2. The van der Waals surface area contributed by atoms with Gasteiger partial charge < -0.3 is 4.74 Å². The molecule has 0 spiro atoms. The predicted molar refractivity (Wildman–Crippen MR) is 124 cm³/mol. The Morgan fingerprint density at radius 3 is 1.44 bits per heavy atom. The van der Waals surface area contributed by atoms with Crippen LogP contribution in [-0.2, 0) is 9.53 Å². The third kappa shape index (κ3) is 22.2. The van der Waals surface area contributed by atoms with Crippen LogP contribution in [0.25, 0.3) is 0 Å². The maximum absolute atomic E-state index is 11.2. The molecule has 0 aromatic rings. The summed E-state index contributed by atoms with van der Waals surface area (Å²) in [4.78, 5) is 11.2. The molecule has 0 aliphatic heterocycles. The van der Waals surface area contributed by atoms with Crippen LogP contribution >= 0.6 is 23.2 Å². The Morgan fingerprint density at radius 2 is 1.11 bits per heavy atom. The molecule has 0 amide bonds. The van der Waals surface area contributed by atoms with Crippen molar-refractivity contribution in [2.45, 2.75) is 114 Å². The molecule has 0 aromatic carbocycles. The van der Waals surface area contributed by atoms with Gasteiger partial charge in [0.05, 0.1) is 10.6 Å². The molecule has 0 aromatic heterocycles. The average molecular weight is 438 g/mol. The number of unbranched alkanes of at least 4 members (excludes halogenated alkanes) is 14. The van der Waals surface area contributed by atoms with E-state index in [-0.39, 0.29) is 5.97 Å². The first kappa shape index (κ1) is 27.0. The number of ether oxygens (including phenoxy) is 1. The van der Waals surface area contributed by atoms with Gasteiger partial charge in [0.25, 0.3) is 0 Å². The van der Waals surface area contributed by atoms with E-state index in [1.807, 2.05) is 0 Å². The first-order valence-electron chi connectivity index (χ1n) is 11.0. The number of alkyl halides is 2. The highest BCUT2D eigenvalue weighted by Gasteiger charge is 2.14. The second kappa shape index (κ2) is 18.1. The Kier molecular flexibility index (Phi) is 18.1. The van der Waals surface area contributed by atoms with Gasteiger partial charge in [0.1, 0.15) is 0 Å². The summed E-state index contributed by atoms with van der Waals surface area (Å²) in [6.45, 7) is 5.79. The number of carbonyl (C=O) groups excluding carboxylic acids is 1. The minimum absolute atomic E-state index is 0.262. The van der Waals surface area contributed by atoms with Crippen molar-refractivity contribution >= 4 is 39.4 Å². The lowest BCUT2D eigenvalue weighted by Gasteiger charge is -2.12. The molecule has 0 saturated carbocycles. The van der Waals surface area contributed by atoms with E-state index in [9.17, 15) is 4.79 Å². The maximum Gasteiger partial charge on any atom is 0.333 e. The monoisotopic (exact) mass is 436 g/mol. The van der Waals surface area contributed by atoms with Gasteiger partial charge in [0.15, 0.2) is 0 Å². The molecule has 0 fully saturated rings. The van der Waals surface area contributed by atoms with Crippen molar-refractivity contribution in [3.05, 3.63) is 12.2 Å². The lowest BCUT2D eigenvalue weighted by molar-refractivity contribution is -0.139. The van der Waals surface area contributed by atoms with E-state index < -0.39 is 3.96 Å². The molecular weight excluding hydrogens is 395 g/mol. The Labute approximate surface area is 181 Å². The van der Waals surface area contributed by atoms with Crippen LogP contribution in [0.15, 0.2) is 12.2 Å². The van der Waals surface area contributed by atoms with E-state index >= 15 is 0 Å². The number of esters is 1. The molecule has 27 heavy (non-hydrogen) atoms. The van der Waals surface area contributed by atoms with E-state index in [0.29, 0.717) is 12.2 Å². The van der Waals surface area contributed by atoms with Crippen molar-refractivity contribution in [2.24, 2.45) is 0 Å². The van der Waals surface area contributed by atoms with Crippen molar-refractivity contribution in [2.75, 3.05) is 6.61 Å². The molecule has 0 aliphatic rings. The van der Waals surface area contributed by atoms with E-state index in [1.54, 1.807) is 6.92 Å². The molecule has 5 heteroatoms. The fraction of sp³-hybridized carbons (Fsp3) is 0.864. The molecule has 0 unspecified atom stereocenters. The average Bonchev–Trinajstić information content (AvgIpc) is 2.59. The van der Waals surface area contributed by atoms with Gasteiger partial charge in [-0.25, -0.2) is 4.79 Å². The zero-order valence-corrected chi connectivity index (χ0v) is 21.3. The standard InChI is InChI=1S/C22H42Cl2O2Si/c1-20(2)21(25)26-19-17-15-13-11-9-7-5-3-4-6-8-10-12-14-16-18-22(23,24)27/h1,3-19H2,2,27H3. The number of carbonyl (C=O) groups is 1. The lowest BCUT2D eigenvalue weighted by Crippen LogP contribution is -2.11. The van der Waals surface area contributed by atoms with Gasteiger partial charge >= 0.3 is 5.97 Å². The summed E-state index contributed by atoms with van der Waals surface area (Å²) < 4.78 is 4.68. The van der Waals surface area contributed by atoms with E-state index in [0.717, 1.165) is 29.5 Å². The summed E-state index contributed by atoms with van der Waals surface area (Å²) in [6, 6.07) is 0. The van der Waals surface area contributed by atoms with Crippen molar-refractivity contribution in [1.82, 2.24) is 0 Å². The zero-order chi connectivity index (χ0) is 20.4. The van der Waals surface area contributed by atoms with Crippen LogP contribution in [0.1, 0.15) is 110 Å². The van der Waals surface area contributed by atoms with Crippen molar-refractivity contribution in [1.29, 1.82) is 0 Å². The Morgan fingerprint density at radius 1 is 0.778 bits per heavy atom. The van der Waals surface area contributed by atoms with Gasteiger partial charge in [-0.2, -0.15) is 0 Å². The molecule has 0 radical (unpaired) electrons. The third-order valence-corrected chi connectivity index (χ3v) is 5.72. The molecule has 0 rings (SSSR count). The Bertz CT molecular complexity index is 381. The number of halogens is 2. The van der Waals surface area contributed by atoms with Gasteiger partial charge in [-0.15, -0.1) is 23.2 Å². The fourth-order valence-corrected chi connectivity index (χ4v) is 3.74. The summed E-state index contributed by atoms with van der Waals surface area (Å²) >= 11 is 12.1. The normalized spacial score (nSPS) is 11.7. The highest BCUT2D eigenvalue weighted by atomic mass is 35.5. The van der Waals surface area contributed by atoms with Crippen molar-refractivity contribution in [3.63, 3.8) is 0 Å². The van der Waals surface area contributed by atoms with E-state index in [4.69, 9.17) is 27.9 Å². The quantitative estimate of drug-likeness (QED) is 0.0727. The minimum Gasteiger partial charge on any atom is -0.462 e. The highest BCUT2D eigenvalue weighted by Crippen LogP contribution is 2.24. The van der Waals surface area contributed by atoms with Gasteiger partial charge in [-0.1, -0.05) is 96.5 Å². The minimum atomic E-state index is -0.403. The molecule has 160 valence electrons. The lowest BCUT2D eigenvalue weighted by atomic mass is 10.0. The summed E-state index contributed by atoms with van der Waals surface area (Å²) in [5.74, 6) is -0.262. The van der Waals surface area contributed by atoms with Crippen LogP contribution in [0.4, 0.5) is 0 Å². The topological polar surface area (TPSA) is 26.3 Å². The Hall–Kier alpha value is 0.00688. The number of hydrogen-bond acceptors (Lipinski definition) is 2. The summed E-state index contributed by atoms with van der Waals surface area (Å²) in [5.41, 5.74) is 0.484. The van der Waals surface area contributed by atoms with Crippen LogP contribution in [0.3, 0.4) is 0 Å². The smallest absolute Gasteiger partial charge is 0.333 e. The second-order valence-corrected chi connectivity index (χ2v) is 12.9. The highest BCUT2D eigenvalue weighted by molar-refractivity contribution is 6.65. The fourth-order valence-electron chi connectivity index (χ4n) is 3.12. The first-order valence-corrected chi connectivity index (χ1v) is 12.8. The summed E-state index contributed by atoms with van der Waals surface area (Å²) in [6.07, 6.45) is 20.4. The second-order valence-electron chi connectivity index (χ2n) is 8.04. The van der Waals surface area contributed by atoms with Crippen LogP contribution < -0.4 is 0 Å². The number of hydrogen-bond donors (Lipinski definition) is 0. The zero-order valence-electron chi connectivity index (χ0n) is 17.8. The molecule has 0 aliphatic carbocycles. The van der Waals surface area contributed by atoms with Crippen LogP contribution in [0, 0.1) is 0 Å². The van der Waals surface area contributed by atoms with Gasteiger partial charge in [0, 0.05) is 15.8 Å². The molecular formula is C22H42Cl2O2Si. The largest absolute Gasteiger partial charge is 0.462 e. The van der Waals surface area contributed by atoms with Crippen molar-refractivity contribution in [3.8, 4) is 0 Å². The first-order chi connectivity index (χ1) is 12.8. The number of rotatable bonds is 19. The van der Waals surface area contributed by atoms with Crippen LogP contribution in [-0.4, -0.2) is 26.8 Å². The third-order valence-electron chi connectivity index (χ3n) is 4.84. The molecule has 0 N–H and O–H groups in total. The predicted octanol–water partition coefficient (Wildman–Crippen LogP) is 6.84. The van der Waals surface area contributed by atoms with Crippen LogP contribution in [0.5, 0.6) is 0 Å². The Balaban J connectivity index is 3.11. The molecule has 2 nitrogen and oxygen atoms in total. The molecule has 0 atom stereocenters.